The number of likely N-dealkylation sites (tertiary alicyclic amines) is 1. The molecule has 1 aliphatic rings. The monoisotopic (exact) mass is 307 g/mol. The normalized spacial score (nSPS) is 23.0. The van der Waals surface area contributed by atoms with Crippen LogP contribution in [0.15, 0.2) is 16.1 Å². The highest BCUT2D eigenvalue weighted by atomic mass is 16.4. The molecule has 5 heteroatoms. The van der Waals surface area contributed by atoms with E-state index in [1.54, 1.807) is 0 Å². The van der Waals surface area contributed by atoms with Crippen LogP contribution < -0.4 is 0 Å². The van der Waals surface area contributed by atoms with Gasteiger partial charge in [0.15, 0.2) is 0 Å². The minimum atomic E-state index is -0.0313. The number of hydrogen-bond acceptors (Lipinski definition) is 5. The van der Waals surface area contributed by atoms with E-state index in [9.17, 15) is 5.11 Å². The van der Waals surface area contributed by atoms with Crippen LogP contribution in [0, 0.1) is 5.41 Å². The molecule has 0 radical (unpaired) electrons. The average molecular weight is 307 g/mol. The number of hydrogen-bond donors (Lipinski definition) is 1. The molecule has 0 aromatic carbocycles. The van der Waals surface area contributed by atoms with Crippen LogP contribution in [0.2, 0.25) is 0 Å². The molecule has 2 rings (SSSR count). The van der Waals surface area contributed by atoms with Gasteiger partial charge in [0.05, 0.1) is 13.2 Å². The van der Waals surface area contributed by atoms with Crippen LogP contribution in [0.1, 0.15) is 64.7 Å². The third-order valence-corrected chi connectivity index (χ3v) is 4.35. The second kappa shape index (κ2) is 7.38. The molecule has 0 unspecified atom stereocenters. The zero-order valence-corrected chi connectivity index (χ0v) is 14.3. The third-order valence-electron chi connectivity index (χ3n) is 4.35. The zero-order valence-electron chi connectivity index (χ0n) is 14.3. The van der Waals surface area contributed by atoms with Gasteiger partial charge in [0, 0.05) is 17.9 Å². The molecule has 0 saturated carbocycles. The first-order valence-corrected chi connectivity index (χ1v) is 8.23. The average Bonchev–Trinajstić information content (AvgIpc) is 2.94. The molecule has 1 fully saturated rings. The van der Waals surface area contributed by atoms with E-state index in [4.69, 9.17) is 4.42 Å². The number of allylic oxidation sites excluding steroid dienone is 2. The number of aromatic nitrogens is 2. The van der Waals surface area contributed by atoms with Crippen molar-refractivity contribution >= 4 is 0 Å². The minimum absolute atomic E-state index is 0.0313. The van der Waals surface area contributed by atoms with Gasteiger partial charge in [-0.3, -0.25) is 4.90 Å². The molecular formula is C17H29N3O2. The van der Waals surface area contributed by atoms with Crippen molar-refractivity contribution in [3.8, 4) is 0 Å². The molecule has 22 heavy (non-hydrogen) atoms. The highest BCUT2D eigenvalue weighted by Crippen LogP contribution is 2.34. The summed E-state index contributed by atoms with van der Waals surface area (Å²) in [5.41, 5.74) is 1.28. The fourth-order valence-corrected chi connectivity index (χ4v) is 2.98. The number of piperidine rings is 1. The summed E-state index contributed by atoms with van der Waals surface area (Å²) < 4.78 is 5.71. The lowest BCUT2D eigenvalue weighted by atomic mass is 9.77. The Morgan fingerprint density at radius 2 is 2.18 bits per heavy atom. The van der Waals surface area contributed by atoms with Crippen LogP contribution in [-0.2, 0) is 6.54 Å². The predicted molar refractivity (Wildman–Crippen MR) is 86.5 cm³/mol. The summed E-state index contributed by atoms with van der Waals surface area (Å²) in [7, 11) is 0. The molecular weight excluding hydrogens is 278 g/mol. The molecule has 124 valence electrons. The van der Waals surface area contributed by atoms with Gasteiger partial charge >= 0.3 is 0 Å². The summed E-state index contributed by atoms with van der Waals surface area (Å²) in [6.07, 6.45) is 5.35. The molecule has 2 heterocycles. The molecule has 1 N–H and O–H groups in total. The Morgan fingerprint density at radius 3 is 2.77 bits per heavy atom. The Bertz CT molecular complexity index is 506. The van der Waals surface area contributed by atoms with E-state index in [-0.39, 0.29) is 17.9 Å². The van der Waals surface area contributed by atoms with E-state index in [1.807, 2.05) is 13.8 Å². The van der Waals surface area contributed by atoms with Crippen LogP contribution in [-0.4, -0.2) is 39.9 Å². The number of aliphatic hydroxyl groups is 1. The predicted octanol–water partition coefficient (Wildman–Crippen LogP) is 3.12. The zero-order chi connectivity index (χ0) is 16.2. The van der Waals surface area contributed by atoms with Gasteiger partial charge in [-0.05, 0) is 39.7 Å². The lowest BCUT2D eigenvalue weighted by Crippen LogP contribution is -2.44. The van der Waals surface area contributed by atoms with Gasteiger partial charge in [-0.15, -0.1) is 10.2 Å². The second-order valence-electron chi connectivity index (χ2n) is 7.15. The van der Waals surface area contributed by atoms with Crippen LogP contribution in [0.25, 0.3) is 0 Å². The van der Waals surface area contributed by atoms with Gasteiger partial charge in [0.2, 0.25) is 11.8 Å². The van der Waals surface area contributed by atoms with E-state index in [2.05, 4.69) is 35.0 Å². The summed E-state index contributed by atoms with van der Waals surface area (Å²) in [4.78, 5) is 2.33. The van der Waals surface area contributed by atoms with Crippen LogP contribution in [0.3, 0.4) is 0 Å². The first kappa shape index (κ1) is 17.2. The molecule has 1 aromatic rings. The molecule has 1 aliphatic heterocycles. The second-order valence-corrected chi connectivity index (χ2v) is 7.15. The van der Waals surface area contributed by atoms with Gasteiger partial charge in [0.25, 0.3) is 0 Å². The van der Waals surface area contributed by atoms with E-state index < -0.39 is 0 Å². The molecule has 0 spiro atoms. The Morgan fingerprint density at radius 1 is 1.41 bits per heavy atom. The highest BCUT2D eigenvalue weighted by Gasteiger charge is 2.34. The van der Waals surface area contributed by atoms with Crippen molar-refractivity contribution in [1.29, 1.82) is 0 Å². The Hall–Kier alpha value is -1.20. The standard InChI is InChI=1S/C17H29N3O2/c1-13(2)6-8-17(12-21)7-5-9-20(11-17)10-15-18-19-16(22-15)14(3)4/h6,14,21H,5,7-12H2,1-4H3/t17-/m1/s1. The van der Waals surface area contributed by atoms with Crippen molar-refractivity contribution in [2.45, 2.75) is 59.4 Å². The maximum atomic E-state index is 9.91. The Labute approximate surface area is 133 Å². The SMILES string of the molecule is CC(C)=CC[C@]1(CO)CCCN(Cc2nnc(C(C)C)o2)C1. The fraction of sp³-hybridized carbons (Fsp3) is 0.765. The van der Waals surface area contributed by atoms with Crippen molar-refractivity contribution < 1.29 is 9.52 Å². The molecule has 1 aromatic heterocycles. The fourth-order valence-electron chi connectivity index (χ4n) is 2.98. The molecule has 0 bridgehead atoms. The largest absolute Gasteiger partial charge is 0.424 e. The van der Waals surface area contributed by atoms with Gasteiger partial charge < -0.3 is 9.52 Å². The van der Waals surface area contributed by atoms with Crippen LogP contribution in [0.5, 0.6) is 0 Å². The van der Waals surface area contributed by atoms with Crippen molar-refractivity contribution in [2.24, 2.45) is 5.41 Å². The van der Waals surface area contributed by atoms with E-state index in [1.165, 1.54) is 5.57 Å². The van der Waals surface area contributed by atoms with Crippen LogP contribution >= 0.6 is 0 Å². The molecule has 0 aliphatic carbocycles. The summed E-state index contributed by atoms with van der Waals surface area (Å²) >= 11 is 0. The first-order valence-electron chi connectivity index (χ1n) is 8.23. The van der Waals surface area contributed by atoms with Gasteiger partial charge in [-0.25, -0.2) is 0 Å². The van der Waals surface area contributed by atoms with E-state index >= 15 is 0 Å². The molecule has 5 nitrogen and oxygen atoms in total. The third kappa shape index (κ3) is 4.40. The number of rotatable bonds is 6. The lowest BCUT2D eigenvalue weighted by molar-refractivity contribution is 0.0271. The molecule has 1 saturated heterocycles. The number of nitrogens with zero attached hydrogens (tertiary/aromatic N) is 3. The Balaban J connectivity index is 2.00. The van der Waals surface area contributed by atoms with Gasteiger partial charge in [-0.1, -0.05) is 25.5 Å². The molecule has 1 atom stereocenters. The highest BCUT2D eigenvalue weighted by molar-refractivity contribution is 5.00. The summed E-state index contributed by atoms with van der Waals surface area (Å²) in [5, 5.41) is 18.1. The van der Waals surface area contributed by atoms with Crippen molar-refractivity contribution in [3.63, 3.8) is 0 Å². The quantitative estimate of drug-likeness (QED) is 0.818. The smallest absolute Gasteiger partial charge is 0.230 e. The minimum Gasteiger partial charge on any atom is -0.424 e. The molecule has 0 amide bonds. The lowest BCUT2D eigenvalue weighted by Gasteiger charge is -2.41. The van der Waals surface area contributed by atoms with Gasteiger partial charge in [-0.2, -0.15) is 0 Å². The topological polar surface area (TPSA) is 62.4 Å². The number of aliphatic hydroxyl groups excluding tert-OH is 1. The van der Waals surface area contributed by atoms with Gasteiger partial charge in [0.1, 0.15) is 0 Å². The Kier molecular flexibility index (Phi) is 5.75. The summed E-state index contributed by atoms with van der Waals surface area (Å²) in [6, 6.07) is 0. The van der Waals surface area contributed by atoms with Crippen molar-refractivity contribution in [3.05, 3.63) is 23.4 Å². The van der Waals surface area contributed by atoms with E-state index in [0.717, 1.165) is 32.4 Å². The van der Waals surface area contributed by atoms with Crippen molar-refractivity contribution in [2.75, 3.05) is 19.7 Å². The maximum absolute atomic E-state index is 9.91. The summed E-state index contributed by atoms with van der Waals surface area (Å²) in [6.45, 7) is 11.1. The van der Waals surface area contributed by atoms with E-state index in [0.29, 0.717) is 18.3 Å². The first-order chi connectivity index (χ1) is 10.4. The maximum Gasteiger partial charge on any atom is 0.230 e. The van der Waals surface area contributed by atoms with Crippen molar-refractivity contribution in [1.82, 2.24) is 15.1 Å². The summed E-state index contributed by atoms with van der Waals surface area (Å²) in [5.74, 6) is 1.64. The van der Waals surface area contributed by atoms with Crippen LogP contribution in [0.4, 0.5) is 0 Å².